The number of amides is 3. The molecule has 3 amide bonds. The molecular formula is C23H20ClN3O3S. The Morgan fingerprint density at radius 2 is 1.87 bits per heavy atom. The number of halogens is 1. The Bertz CT molecular complexity index is 1170. The quantitative estimate of drug-likeness (QED) is 0.499. The molecular weight excluding hydrogens is 434 g/mol. The van der Waals surface area contributed by atoms with E-state index in [1.807, 2.05) is 49.4 Å². The van der Waals surface area contributed by atoms with E-state index in [-0.39, 0.29) is 5.91 Å². The van der Waals surface area contributed by atoms with E-state index in [1.54, 1.807) is 34.9 Å². The van der Waals surface area contributed by atoms with Crippen molar-refractivity contribution >= 4 is 52.4 Å². The summed E-state index contributed by atoms with van der Waals surface area (Å²) in [6.45, 7) is 2.44. The summed E-state index contributed by atoms with van der Waals surface area (Å²) in [7, 11) is 1.52. The first-order valence-corrected chi connectivity index (χ1v) is 10.8. The molecule has 0 aliphatic carbocycles. The summed E-state index contributed by atoms with van der Waals surface area (Å²) < 4.78 is 5.26. The molecule has 4 rings (SSSR count). The summed E-state index contributed by atoms with van der Waals surface area (Å²) in [4.78, 5) is 29.3. The molecule has 0 aromatic heterocycles. The molecule has 0 saturated heterocycles. The number of anilines is 3. The minimum atomic E-state index is -0.445. The fourth-order valence-electron chi connectivity index (χ4n) is 3.37. The SMILES string of the molecule is CCN1C(=O)c2ccccc2Sc2ccc(NC(=O)Nc3cc(Cl)ccc3OC)cc21. The average molecular weight is 454 g/mol. The molecule has 1 aliphatic rings. The van der Waals surface area contributed by atoms with Crippen molar-refractivity contribution in [2.24, 2.45) is 0 Å². The highest BCUT2D eigenvalue weighted by molar-refractivity contribution is 7.99. The smallest absolute Gasteiger partial charge is 0.323 e. The van der Waals surface area contributed by atoms with Crippen molar-refractivity contribution in [3.63, 3.8) is 0 Å². The monoisotopic (exact) mass is 453 g/mol. The lowest BCUT2D eigenvalue weighted by Crippen LogP contribution is -2.30. The third-order valence-corrected chi connectivity index (χ3v) is 6.19. The third kappa shape index (κ3) is 4.33. The van der Waals surface area contributed by atoms with Crippen LogP contribution in [0.3, 0.4) is 0 Å². The van der Waals surface area contributed by atoms with Crippen LogP contribution in [0, 0.1) is 0 Å². The first-order chi connectivity index (χ1) is 15.0. The lowest BCUT2D eigenvalue weighted by Gasteiger charge is -2.22. The zero-order chi connectivity index (χ0) is 22.0. The summed E-state index contributed by atoms with van der Waals surface area (Å²) in [5.41, 5.74) is 2.45. The molecule has 1 aliphatic heterocycles. The number of hydrogen-bond donors (Lipinski definition) is 2. The Hall–Kier alpha value is -3.16. The second kappa shape index (κ2) is 8.91. The van der Waals surface area contributed by atoms with Gasteiger partial charge >= 0.3 is 6.03 Å². The maximum absolute atomic E-state index is 13.1. The molecule has 31 heavy (non-hydrogen) atoms. The van der Waals surface area contributed by atoms with E-state index in [2.05, 4.69) is 10.6 Å². The molecule has 1 heterocycles. The highest BCUT2D eigenvalue weighted by atomic mass is 35.5. The van der Waals surface area contributed by atoms with Gasteiger partial charge in [-0.15, -0.1) is 0 Å². The average Bonchev–Trinajstić information content (AvgIpc) is 2.87. The predicted molar refractivity (Wildman–Crippen MR) is 125 cm³/mol. The van der Waals surface area contributed by atoms with Gasteiger partial charge in [-0.1, -0.05) is 35.5 Å². The number of fused-ring (bicyclic) bond motifs is 2. The van der Waals surface area contributed by atoms with Gasteiger partial charge in [0.05, 0.1) is 24.0 Å². The zero-order valence-electron chi connectivity index (χ0n) is 16.9. The number of nitrogens with zero attached hydrogens (tertiary/aromatic N) is 1. The number of carbonyl (C=O) groups is 2. The molecule has 6 nitrogen and oxygen atoms in total. The standard InChI is InChI=1S/C23H20ClN3O3S/c1-3-27-18-13-15(25-23(29)26-17-12-14(24)8-10-19(17)30-2)9-11-21(18)31-20-7-5-4-6-16(20)22(27)28/h4-13H,3H2,1-2H3,(H2,25,26,29). The van der Waals surface area contributed by atoms with E-state index in [0.29, 0.717) is 34.3 Å². The van der Waals surface area contributed by atoms with E-state index in [0.717, 1.165) is 15.5 Å². The maximum atomic E-state index is 13.1. The number of ether oxygens (including phenoxy) is 1. The van der Waals surface area contributed by atoms with Gasteiger partial charge in [-0.2, -0.15) is 0 Å². The van der Waals surface area contributed by atoms with Gasteiger partial charge in [-0.3, -0.25) is 4.79 Å². The fourth-order valence-corrected chi connectivity index (χ4v) is 4.61. The molecule has 2 N–H and O–H groups in total. The van der Waals surface area contributed by atoms with Gasteiger partial charge in [0.1, 0.15) is 5.75 Å². The lowest BCUT2D eigenvalue weighted by atomic mass is 10.1. The molecule has 3 aromatic carbocycles. The molecule has 0 radical (unpaired) electrons. The van der Waals surface area contributed by atoms with Crippen molar-refractivity contribution in [2.45, 2.75) is 16.7 Å². The van der Waals surface area contributed by atoms with Crippen molar-refractivity contribution in [1.82, 2.24) is 0 Å². The van der Waals surface area contributed by atoms with Crippen molar-refractivity contribution in [2.75, 3.05) is 29.2 Å². The van der Waals surface area contributed by atoms with Crippen LogP contribution in [0.25, 0.3) is 0 Å². The van der Waals surface area contributed by atoms with Crippen LogP contribution >= 0.6 is 23.4 Å². The molecule has 0 atom stereocenters. The Balaban J connectivity index is 1.60. The lowest BCUT2D eigenvalue weighted by molar-refractivity contribution is 0.0985. The summed E-state index contributed by atoms with van der Waals surface area (Å²) in [5, 5.41) is 6.04. The van der Waals surface area contributed by atoms with Crippen LogP contribution < -0.4 is 20.3 Å². The second-order valence-electron chi connectivity index (χ2n) is 6.75. The van der Waals surface area contributed by atoms with Gasteiger partial charge < -0.3 is 20.3 Å². The highest BCUT2D eigenvalue weighted by Crippen LogP contribution is 2.42. The number of methoxy groups -OCH3 is 1. The second-order valence-corrected chi connectivity index (χ2v) is 8.27. The fraction of sp³-hybridized carbons (Fsp3) is 0.130. The molecule has 0 saturated carbocycles. The van der Waals surface area contributed by atoms with E-state index >= 15 is 0 Å². The predicted octanol–water partition coefficient (Wildman–Crippen LogP) is 6.12. The first kappa shape index (κ1) is 21.1. The van der Waals surface area contributed by atoms with Gasteiger partial charge in [0.15, 0.2) is 0 Å². The van der Waals surface area contributed by atoms with Gasteiger partial charge in [-0.05, 0) is 55.5 Å². The van der Waals surface area contributed by atoms with Crippen molar-refractivity contribution < 1.29 is 14.3 Å². The number of nitrogens with one attached hydrogen (secondary N) is 2. The molecule has 0 fully saturated rings. The van der Waals surface area contributed by atoms with Crippen LogP contribution in [0.5, 0.6) is 5.75 Å². The molecule has 158 valence electrons. The zero-order valence-corrected chi connectivity index (χ0v) is 18.5. The Morgan fingerprint density at radius 1 is 1.06 bits per heavy atom. The topological polar surface area (TPSA) is 70.7 Å². The van der Waals surface area contributed by atoms with E-state index in [1.165, 1.54) is 7.11 Å². The van der Waals surface area contributed by atoms with E-state index < -0.39 is 6.03 Å². The minimum absolute atomic E-state index is 0.0605. The molecule has 0 bridgehead atoms. The molecule has 0 unspecified atom stereocenters. The van der Waals surface area contributed by atoms with Crippen LogP contribution in [0.1, 0.15) is 17.3 Å². The van der Waals surface area contributed by atoms with E-state index in [9.17, 15) is 9.59 Å². The van der Waals surface area contributed by atoms with Gasteiger partial charge in [0, 0.05) is 27.0 Å². The Kier molecular flexibility index (Phi) is 6.06. The van der Waals surface area contributed by atoms with E-state index in [4.69, 9.17) is 16.3 Å². The van der Waals surface area contributed by atoms with Crippen LogP contribution in [-0.2, 0) is 0 Å². The van der Waals surface area contributed by atoms with Gasteiger partial charge in [0.25, 0.3) is 5.91 Å². The van der Waals surface area contributed by atoms with Crippen LogP contribution in [0.4, 0.5) is 21.9 Å². The summed E-state index contributed by atoms with van der Waals surface area (Å²) in [5.74, 6) is 0.438. The third-order valence-electron chi connectivity index (χ3n) is 4.82. The molecule has 0 spiro atoms. The van der Waals surface area contributed by atoms with Crippen LogP contribution in [0.2, 0.25) is 5.02 Å². The van der Waals surface area contributed by atoms with Gasteiger partial charge in [0.2, 0.25) is 0 Å². The van der Waals surface area contributed by atoms with Crippen LogP contribution in [-0.4, -0.2) is 25.6 Å². The first-order valence-electron chi connectivity index (χ1n) is 9.64. The minimum Gasteiger partial charge on any atom is -0.495 e. The molecule has 3 aromatic rings. The largest absolute Gasteiger partial charge is 0.495 e. The maximum Gasteiger partial charge on any atom is 0.323 e. The molecule has 8 heteroatoms. The van der Waals surface area contributed by atoms with Crippen molar-refractivity contribution in [3.8, 4) is 5.75 Å². The number of hydrogen-bond acceptors (Lipinski definition) is 4. The Labute approximate surface area is 189 Å². The number of urea groups is 1. The highest BCUT2D eigenvalue weighted by Gasteiger charge is 2.26. The van der Waals surface area contributed by atoms with Crippen molar-refractivity contribution in [1.29, 1.82) is 0 Å². The van der Waals surface area contributed by atoms with Gasteiger partial charge in [-0.25, -0.2) is 4.79 Å². The normalized spacial score (nSPS) is 12.5. The number of carbonyl (C=O) groups excluding carboxylic acids is 2. The summed E-state index contributed by atoms with van der Waals surface area (Å²) >= 11 is 7.57. The summed E-state index contributed by atoms with van der Waals surface area (Å²) in [6.07, 6.45) is 0. The summed E-state index contributed by atoms with van der Waals surface area (Å²) in [6, 6.07) is 17.6. The van der Waals surface area contributed by atoms with Crippen molar-refractivity contribution in [3.05, 3.63) is 71.2 Å². The van der Waals surface area contributed by atoms with Crippen LogP contribution in [0.15, 0.2) is 70.5 Å². The number of rotatable bonds is 4. The Morgan fingerprint density at radius 3 is 2.65 bits per heavy atom. The number of benzene rings is 3.